The molecule has 21 heavy (non-hydrogen) atoms. The highest BCUT2D eigenvalue weighted by Gasteiger charge is 2.15. The largest absolute Gasteiger partial charge is 0.310 e. The van der Waals surface area contributed by atoms with Crippen LogP contribution in [0.4, 0.5) is 4.39 Å². The lowest BCUT2D eigenvalue weighted by Gasteiger charge is -2.20. The van der Waals surface area contributed by atoms with Gasteiger partial charge in [0, 0.05) is 6.04 Å². The van der Waals surface area contributed by atoms with Crippen LogP contribution in [0, 0.1) is 5.82 Å². The van der Waals surface area contributed by atoms with Crippen LogP contribution < -0.4 is 5.32 Å². The smallest absolute Gasteiger partial charge is 0.137 e. The summed E-state index contributed by atoms with van der Waals surface area (Å²) in [5, 5.41) is 4.45. The SMILES string of the molecule is CCNC(Cc1cccc(Cl)c1Cl)c1ccc(Br)c(F)c1. The second-order valence-electron chi connectivity index (χ2n) is 4.70. The minimum absolute atomic E-state index is 0.0198. The summed E-state index contributed by atoms with van der Waals surface area (Å²) in [7, 11) is 0. The lowest BCUT2D eigenvalue weighted by atomic mass is 9.98. The van der Waals surface area contributed by atoms with Crippen molar-refractivity contribution in [2.45, 2.75) is 19.4 Å². The molecule has 0 fully saturated rings. The second kappa shape index (κ2) is 7.59. The first-order valence-electron chi connectivity index (χ1n) is 6.64. The molecular weight excluding hydrogens is 376 g/mol. The molecule has 2 rings (SSSR count). The van der Waals surface area contributed by atoms with E-state index in [2.05, 4.69) is 21.2 Å². The van der Waals surface area contributed by atoms with E-state index in [0.717, 1.165) is 17.7 Å². The molecule has 2 aromatic rings. The predicted octanol–water partition coefficient (Wildman–Crippen LogP) is 5.79. The maximum atomic E-state index is 13.7. The highest BCUT2D eigenvalue weighted by atomic mass is 79.9. The van der Waals surface area contributed by atoms with E-state index in [1.807, 2.05) is 25.1 Å². The van der Waals surface area contributed by atoms with Crippen LogP contribution in [-0.4, -0.2) is 6.54 Å². The number of hydrogen-bond acceptors (Lipinski definition) is 1. The summed E-state index contributed by atoms with van der Waals surface area (Å²) in [6.45, 7) is 2.79. The zero-order valence-electron chi connectivity index (χ0n) is 11.5. The quantitative estimate of drug-likeness (QED) is 0.681. The van der Waals surface area contributed by atoms with E-state index in [4.69, 9.17) is 23.2 Å². The van der Waals surface area contributed by atoms with Crippen LogP contribution in [0.15, 0.2) is 40.9 Å². The molecule has 0 radical (unpaired) electrons. The van der Waals surface area contributed by atoms with Gasteiger partial charge in [0.05, 0.1) is 14.5 Å². The average Bonchev–Trinajstić information content (AvgIpc) is 2.46. The van der Waals surface area contributed by atoms with Gasteiger partial charge in [-0.1, -0.05) is 48.3 Å². The van der Waals surface area contributed by atoms with Crippen LogP contribution in [0.25, 0.3) is 0 Å². The third kappa shape index (κ3) is 4.19. The second-order valence-corrected chi connectivity index (χ2v) is 6.34. The minimum Gasteiger partial charge on any atom is -0.310 e. The molecule has 5 heteroatoms. The molecule has 1 unspecified atom stereocenters. The van der Waals surface area contributed by atoms with Gasteiger partial charge in [-0.25, -0.2) is 4.39 Å². The number of hydrogen-bond donors (Lipinski definition) is 1. The fourth-order valence-electron chi connectivity index (χ4n) is 2.21. The molecule has 0 aliphatic rings. The number of rotatable bonds is 5. The highest BCUT2D eigenvalue weighted by Crippen LogP contribution is 2.30. The summed E-state index contributed by atoms with van der Waals surface area (Å²) in [5.41, 5.74) is 1.83. The van der Waals surface area contributed by atoms with E-state index in [-0.39, 0.29) is 11.9 Å². The first kappa shape index (κ1) is 16.8. The van der Waals surface area contributed by atoms with Gasteiger partial charge in [-0.2, -0.15) is 0 Å². The molecule has 0 aliphatic carbocycles. The van der Waals surface area contributed by atoms with Gasteiger partial charge >= 0.3 is 0 Å². The van der Waals surface area contributed by atoms with Crippen molar-refractivity contribution >= 4 is 39.1 Å². The van der Waals surface area contributed by atoms with Gasteiger partial charge in [0.1, 0.15) is 5.82 Å². The van der Waals surface area contributed by atoms with E-state index in [1.54, 1.807) is 12.1 Å². The molecule has 0 aliphatic heterocycles. The van der Waals surface area contributed by atoms with Crippen molar-refractivity contribution in [3.8, 4) is 0 Å². The van der Waals surface area contributed by atoms with Gasteiger partial charge in [0.25, 0.3) is 0 Å². The van der Waals surface area contributed by atoms with Gasteiger partial charge in [-0.05, 0) is 58.2 Å². The van der Waals surface area contributed by atoms with Gasteiger partial charge < -0.3 is 5.32 Å². The molecular formula is C16H15BrCl2FN. The Morgan fingerprint density at radius 3 is 2.67 bits per heavy atom. The Labute approximate surface area is 142 Å². The van der Waals surface area contributed by atoms with Crippen LogP contribution in [0.5, 0.6) is 0 Å². The van der Waals surface area contributed by atoms with E-state index in [9.17, 15) is 4.39 Å². The number of nitrogens with one attached hydrogen (secondary N) is 1. The van der Waals surface area contributed by atoms with Crippen LogP contribution in [0.2, 0.25) is 10.0 Å². The van der Waals surface area contributed by atoms with Crippen LogP contribution in [-0.2, 0) is 6.42 Å². The van der Waals surface area contributed by atoms with Crippen molar-refractivity contribution in [2.24, 2.45) is 0 Å². The molecule has 1 atom stereocenters. The molecule has 1 nitrogen and oxygen atoms in total. The zero-order valence-corrected chi connectivity index (χ0v) is 14.6. The van der Waals surface area contributed by atoms with Crippen molar-refractivity contribution < 1.29 is 4.39 Å². The number of halogens is 4. The highest BCUT2D eigenvalue weighted by molar-refractivity contribution is 9.10. The topological polar surface area (TPSA) is 12.0 Å². The normalized spacial score (nSPS) is 12.4. The average molecular weight is 391 g/mol. The van der Waals surface area contributed by atoms with Crippen LogP contribution in [0.3, 0.4) is 0 Å². The van der Waals surface area contributed by atoms with Crippen molar-refractivity contribution in [3.63, 3.8) is 0 Å². The molecule has 0 heterocycles. The Kier molecular flexibility index (Phi) is 6.06. The Bertz CT molecular complexity index is 634. The minimum atomic E-state index is -0.271. The Balaban J connectivity index is 2.30. The van der Waals surface area contributed by atoms with E-state index in [1.165, 1.54) is 6.07 Å². The maximum absolute atomic E-state index is 13.7. The summed E-state index contributed by atoms with van der Waals surface area (Å²) in [5.74, 6) is -0.271. The maximum Gasteiger partial charge on any atom is 0.137 e. The van der Waals surface area contributed by atoms with Crippen LogP contribution >= 0.6 is 39.1 Å². The third-order valence-electron chi connectivity index (χ3n) is 3.25. The van der Waals surface area contributed by atoms with Crippen molar-refractivity contribution in [2.75, 3.05) is 6.54 Å². The first-order valence-corrected chi connectivity index (χ1v) is 8.19. The molecule has 0 saturated carbocycles. The van der Waals surface area contributed by atoms with Gasteiger partial charge in [0.2, 0.25) is 0 Å². The molecule has 0 amide bonds. The standard InChI is InChI=1S/C16H15BrCl2FN/c1-2-21-15(10-6-7-12(17)14(20)8-10)9-11-4-3-5-13(18)16(11)19/h3-8,15,21H,2,9H2,1H3. The molecule has 0 spiro atoms. The molecule has 0 saturated heterocycles. The monoisotopic (exact) mass is 389 g/mol. The van der Waals surface area contributed by atoms with Gasteiger partial charge in [0.15, 0.2) is 0 Å². The van der Waals surface area contributed by atoms with Crippen molar-refractivity contribution in [1.82, 2.24) is 5.32 Å². The van der Waals surface area contributed by atoms with Gasteiger partial charge in [-0.15, -0.1) is 0 Å². The Morgan fingerprint density at radius 2 is 2.00 bits per heavy atom. The molecule has 2 aromatic carbocycles. The van der Waals surface area contributed by atoms with E-state index < -0.39 is 0 Å². The summed E-state index contributed by atoms with van der Waals surface area (Å²) in [6, 6.07) is 10.7. The molecule has 0 aromatic heterocycles. The Morgan fingerprint density at radius 1 is 1.24 bits per heavy atom. The van der Waals surface area contributed by atoms with Gasteiger partial charge in [-0.3, -0.25) is 0 Å². The van der Waals surface area contributed by atoms with Crippen molar-refractivity contribution in [1.29, 1.82) is 0 Å². The lowest BCUT2D eigenvalue weighted by Crippen LogP contribution is -2.23. The lowest BCUT2D eigenvalue weighted by molar-refractivity contribution is 0.542. The first-order chi connectivity index (χ1) is 10.0. The van der Waals surface area contributed by atoms with Crippen molar-refractivity contribution in [3.05, 3.63) is 67.9 Å². The fraction of sp³-hybridized carbons (Fsp3) is 0.250. The predicted molar refractivity (Wildman–Crippen MR) is 90.7 cm³/mol. The number of benzene rings is 2. The summed E-state index contributed by atoms with van der Waals surface area (Å²) >= 11 is 15.5. The molecule has 1 N–H and O–H groups in total. The zero-order chi connectivity index (χ0) is 15.4. The molecule has 112 valence electrons. The summed E-state index contributed by atoms with van der Waals surface area (Å²) in [4.78, 5) is 0. The third-order valence-corrected chi connectivity index (χ3v) is 4.75. The summed E-state index contributed by atoms with van der Waals surface area (Å²) in [6.07, 6.45) is 0.647. The summed E-state index contributed by atoms with van der Waals surface area (Å²) < 4.78 is 14.2. The van der Waals surface area contributed by atoms with Crippen LogP contribution in [0.1, 0.15) is 24.1 Å². The van der Waals surface area contributed by atoms with E-state index in [0.29, 0.717) is 20.9 Å². The Hall–Kier alpha value is -0.610. The molecule has 0 bridgehead atoms. The fourth-order valence-corrected chi connectivity index (χ4v) is 2.85. The number of likely N-dealkylation sites (N-methyl/N-ethyl adjacent to an activating group) is 1. The van der Waals surface area contributed by atoms with E-state index >= 15 is 0 Å².